The van der Waals surface area contributed by atoms with Crippen molar-refractivity contribution < 1.29 is 19.1 Å². The summed E-state index contributed by atoms with van der Waals surface area (Å²) in [5.74, 6) is -1.27. The fourth-order valence-corrected chi connectivity index (χ4v) is 3.73. The number of β-lactam (4-membered cyclic amide) rings is 1. The number of alkyl halides is 3. The molecular formula is C13H12Cl3N3O4S. The molecule has 1 saturated heterocycles. The molecule has 24 heavy (non-hydrogen) atoms. The predicted octanol–water partition coefficient (Wildman–Crippen LogP) is 1.49. The van der Waals surface area contributed by atoms with Gasteiger partial charge in [0.1, 0.15) is 30.1 Å². The van der Waals surface area contributed by atoms with Crippen LogP contribution in [0.5, 0.6) is 0 Å². The number of ether oxygens (including phenoxy) is 1. The Morgan fingerprint density at radius 3 is 2.75 bits per heavy atom. The zero-order valence-corrected chi connectivity index (χ0v) is 15.4. The molecule has 2 amide bonds. The lowest BCUT2D eigenvalue weighted by molar-refractivity contribution is -0.152. The lowest BCUT2D eigenvalue weighted by atomic mass is 10.0. The maximum Gasteiger partial charge on any atom is 0.355 e. The van der Waals surface area contributed by atoms with Crippen molar-refractivity contribution in [1.29, 1.82) is 5.26 Å². The summed E-state index contributed by atoms with van der Waals surface area (Å²) in [7, 11) is 0. The third-order valence-electron chi connectivity index (χ3n) is 3.28. The van der Waals surface area contributed by atoms with Gasteiger partial charge >= 0.3 is 5.97 Å². The molecule has 1 unspecified atom stereocenters. The molecule has 0 bridgehead atoms. The van der Waals surface area contributed by atoms with E-state index in [-0.39, 0.29) is 12.1 Å². The van der Waals surface area contributed by atoms with Crippen molar-refractivity contribution in [2.45, 2.75) is 28.6 Å². The highest BCUT2D eigenvalue weighted by Crippen LogP contribution is 2.40. The highest BCUT2D eigenvalue weighted by atomic mass is 35.6. The number of hydrogen-bond donors (Lipinski definition) is 1. The van der Waals surface area contributed by atoms with E-state index in [9.17, 15) is 14.4 Å². The fourth-order valence-electron chi connectivity index (χ4n) is 2.27. The quantitative estimate of drug-likeness (QED) is 0.427. The lowest BCUT2D eigenvalue weighted by Crippen LogP contribution is -2.70. The first-order valence-corrected chi connectivity index (χ1v) is 8.88. The Balaban J connectivity index is 2.09. The van der Waals surface area contributed by atoms with Crippen LogP contribution in [-0.4, -0.2) is 50.3 Å². The van der Waals surface area contributed by atoms with Crippen molar-refractivity contribution in [2.75, 3.05) is 12.4 Å². The number of amides is 2. The third kappa shape index (κ3) is 4.09. The number of carbonyl (C=O) groups is 3. The largest absolute Gasteiger partial charge is 0.456 e. The predicted molar refractivity (Wildman–Crippen MR) is 89.2 cm³/mol. The SMILES string of the molecule is CC1=C(C(=O)OCC(Cl)(Cl)Cl)N2C(=O)C(NC(=O)CC#N)[C@@H]2SC1. The Labute approximate surface area is 157 Å². The number of fused-ring (bicyclic) bond motifs is 1. The van der Waals surface area contributed by atoms with E-state index in [1.807, 2.05) is 0 Å². The Hall–Kier alpha value is -1.14. The number of halogens is 3. The van der Waals surface area contributed by atoms with Crippen molar-refractivity contribution >= 4 is 64.3 Å². The molecule has 0 aliphatic carbocycles. The zero-order valence-electron chi connectivity index (χ0n) is 12.3. The van der Waals surface area contributed by atoms with Crippen molar-refractivity contribution in [3.8, 4) is 6.07 Å². The summed E-state index contributed by atoms with van der Waals surface area (Å²) in [4.78, 5) is 37.3. The highest BCUT2D eigenvalue weighted by Gasteiger charge is 2.54. The number of esters is 1. The van der Waals surface area contributed by atoms with Gasteiger partial charge in [0, 0.05) is 5.75 Å². The van der Waals surface area contributed by atoms with Crippen LogP contribution in [0.25, 0.3) is 0 Å². The van der Waals surface area contributed by atoms with Gasteiger partial charge in [-0.1, -0.05) is 34.8 Å². The van der Waals surface area contributed by atoms with Crippen LogP contribution in [0, 0.1) is 11.3 Å². The van der Waals surface area contributed by atoms with Crippen LogP contribution >= 0.6 is 46.6 Å². The van der Waals surface area contributed by atoms with E-state index in [2.05, 4.69) is 5.32 Å². The number of thioether (sulfide) groups is 1. The standard InChI is InChI=1S/C13H12Cl3N3O4S/c1-6-4-24-11-8(18-7(20)2-3-17)10(21)19(11)9(6)12(22)23-5-13(14,15)16/h8,11H,2,4-5H2,1H3,(H,18,20)/t8?,11-/m0/s1. The number of nitriles is 1. The number of nitrogens with zero attached hydrogens (tertiary/aromatic N) is 2. The summed E-state index contributed by atoms with van der Waals surface area (Å²) in [6.07, 6.45) is -0.339. The summed E-state index contributed by atoms with van der Waals surface area (Å²) in [5, 5.41) is 10.6. The second-order valence-electron chi connectivity index (χ2n) is 5.11. The van der Waals surface area contributed by atoms with Crippen LogP contribution in [0.2, 0.25) is 0 Å². The second-order valence-corrected chi connectivity index (χ2v) is 8.73. The molecule has 0 aromatic carbocycles. The van der Waals surface area contributed by atoms with Gasteiger partial charge in [0.05, 0.1) is 6.07 Å². The van der Waals surface area contributed by atoms with Crippen LogP contribution in [0.1, 0.15) is 13.3 Å². The van der Waals surface area contributed by atoms with Crippen LogP contribution < -0.4 is 5.32 Å². The van der Waals surface area contributed by atoms with E-state index in [1.54, 1.807) is 13.0 Å². The minimum absolute atomic E-state index is 0.101. The molecule has 0 saturated carbocycles. The molecule has 2 heterocycles. The van der Waals surface area contributed by atoms with Crippen LogP contribution in [0.4, 0.5) is 0 Å². The van der Waals surface area contributed by atoms with E-state index in [1.165, 1.54) is 16.7 Å². The molecule has 2 atom stereocenters. The molecule has 0 aromatic rings. The van der Waals surface area contributed by atoms with Crippen LogP contribution in [0.15, 0.2) is 11.3 Å². The van der Waals surface area contributed by atoms with E-state index in [0.717, 1.165) is 0 Å². The highest BCUT2D eigenvalue weighted by molar-refractivity contribution is 8.00. The third-order valence-corrected chi connectivity index (χ3v) is 5.03. The van der Waals surface area contributed by atoms with Gasteiger partial charge in [-0.05, 0) is 12.5 Å². The van der Waals surface area contributed by atoms with Gasteiger partial charge < -0.3 is 10.1 Å². The number of rotatable bonds is 4. The normalized spacial score (nSPS) is 23.1. The van der Waals surface area contributed by atoms with E-state index in [4.69, 9.17) is 44.8 Å². The molecule has 2 aliphatic heterocycles. The van der Waals surface area contributed by atoms with Crippen LogP contribution in [-0.2, 0) is 19.1 Å². The van der Waals surface area contributed by atoms with Gasteiger partial charge in [-0.15, -0.1) is 11.8 Å². The molecule has 1 N–H and O–H groups in total. The van der Waals surface area contributed by atoms with Crippen molar-refractivity contribution in [3.05, 3.63) is 11.3 Å². The van der Waals surface area contributed by atoms with Crippen molar-refractivity contribution in [3.63, 3.8) is 0 Å². The smallest absolute Gasteiger partial charge is 0.355 e. The monoisotopic (exact) mass is 411 g/mol. The van der Waals surface area contributed by atoms with Crippen molar-refractivity contribution in [2.24, 2.45) is 0 Å². The molecule has 2 rings (SSSR count). The summed E-state index contributed by atoms with van der Waals surface area (Å²) >= 11 is 18.0. The molecule has 1 fully saturated rings. The van der Waals surface area contributed by atoms with E-state index < -0.39 is 39.6 Å². The molecule has 0 aromatic heterocycles. The Morgan fingerprint density at radius 2 is 2.17 bits per heavy atom. The van der Waals surface area contributed by atoms with E-state index in [0.29, 0.717) is 11.3 Å². The lowest BCUT2D eigenvalue weighted by Gasteiger charge is -2.49. The van der Waals surface area contributed by atoms with Gasteiger partial charge in [-0.25, -0.2) is 4.79 Å². The number of hydrogen-bond acceptors (Lipinski definition) is 6. The minimum Gasteiger partial charge on any atom is -0.456 e. The average molecular weight is 413 g/mol. The first-order valence-electron chi connectivity index (χ1n) is 6.70. The summed E-state index contributed by atoms with van der Waals surface area (Å²) in [6, 6.07) is 0.930. The maximum absolute atomic E-state index is 12.3. The molecule has 0 radical (unpaired) electrons. The molecule has 130 valence electrons. The molecule has 0 spiro atoms. The average Bonchev–Trinajstić information content (AvgIpc) is 2.49. The van der Waals surface area contributed by atoms with Crippen LogP contribution in [0.3, 0.4) is 0 Å². The van der Waals surface area contributed by atoms with Gasteiger partial charge in [-0.3, -0.25) is 14.5 Å². The fraction of sp³-hybridized carbons (Fsp3) is 0.538. The first kappa shape index (κ1) is 19.2. The van der Waals surface area contributed by atoms with Gasteiger partial charge in [0.15, 0.2) is 0 Å². The Bertz CT molecular complexity index is 656. The molecule has 2 aliphatic rings. The minimum atomic E-state index is -1.75. The van der Waals surface area contributed by atoms with Gasteiger partial charge in [0.2, 0.25) is 9.70 Å². The topological polar surface area (TPSA) is 99.5 Å². The Morgan fingerprint density at radius 1 is 1.50 bits per heavy atom. The zero-order chi connectivity index (χ0) is 18.1. The van der Waals surface area contributed by atoms with Crippen molar-refractivity contribution in [1.82, 2.24) is 10.2 Å². The number of carbonyl (C=O) groups excluding carboxylic acids is 3. The second kappa shape index (κ2) is 7.40. The molecule has 11 heteroatoms. The summed E-state index contributed by atoms with van der Waals surface area (Å²) in [5.41, 5.74) is 0.754. The summed E-state index contributed by atoms with van der Waals surface area (Å²) < 4.78 is 3.20. The first-order chi connectivity index (χ1) is 11.2. The molecular weight excluding hydrogens is 401 g/mol. The Kier molecular flexibility index (Phi) is 5.91. The van der Waals surface area contributed by atoms with Gasteiger partial charge in [-0.2, -0.15) is 5.26 Å². The van der Waals surface area contributed by atoms with E-state index >= 15 is 0 Å². The van der Waals surface area contributed by atoms with Gasteiger partial charge in [0.25, 0.3) is 5.91 Å². The maximum atomic E-state index is 12.3. The number of nitrogens with one attached hydrogen (secondary N) is 1. The molecule has 7 nitrogen and oxygen atoms in total. The summed E-state index contributed by atoms with van der Waals surface area (Å²) in [6.45, 7) is 1.25.